The van der Waals surface area contributed by atoms with E-state index >= 15 is 0 Å². The Balaban J connectivity index is 2.15. The average molecular weight is 390 g/mol. The molecule has 2 nitrogen and oxygen atoms in total. The number of hydrogen-bond acceptors (Lipinski definition) is 2. The molecule has 4 heteroatoms. The molecule has 0 amide bonds. The summed E-state index contributed by atoms with van der Waals surface area (Å²) < 4.78 is 7.60. The van der Waals surface area contributed by atoms with Gasteiger partial charge in [-0.05, 0) is 50.3 Å². The summed E-state index contributed by atoms with van der Waals surface area (Å²) in [6, 6.07) is 5.52. The van der Waals surface area contributed by atoms with Gasteiger partial charge in [-0.25, -0.2) is 4.79 Å². The highest BCUT2D eigenvalue weighted by Crippen LogP contribution is 2.35. The number of halogens is 2. The lowest BCUT2D eigenvalue weighted by Gasteiger charge is -2.36. The highest BCUT2D eigenvalue weighted by Gasteiger charge is 2.34. The number of hydrogen-bond donors (Lipinski definition) is 0. The van der Waals surface area contributed by atoms with Gasteiger partial charge in [0.15, 0.2) is 0 Å². The highest BCUT2D eigenvalue weighted by atomic mass is 79.9. The summed E-state index contributed by atoms with van der Waals surface area (Å²) in [7, 11) is 0. The van der Waals surface area contributed by atoms with Gasteiger partial charge in [-0.3, -0.25) is 0 Å². The van der Waals surface area contributed by atoms with Gasteiger partial charge in [-0.1, -0.05) is 45.2 Å². The Morgan fingerprint density at radius 2 is 1.74 bits per heavy atom. The maximum Gasteiger partial charge on any atom is 0.338 e. The second kappa shape index (κ2) is 6.40. The van der Waals surface area contributed by atoms with Crippen LogP contribution in [0.15, 0.2) is 27.1 Å². The van der Waals surface area contributed by atoms with Crippen molar-refractivity contribution >= 4 is 37.8 Å². The lowest BCUT2D eigenvalue weighted by Crippen LogP contribution is -2.36. The Morgan fingerprint density at radius 3 is 2.26 bits per heavy atom. The number of ether oxygens (including phenoxy) is 1. The van der Waals surface area contributed by atoms with Gasteiger partial charge in [0, 0.05) is 8.95 Å². The molecule has 0 bridgehead atoms. The fraction of sp³-hybridized carbons (Fsp3) is 0.533. The van der Waals surface area contributed by atoms with Crippen LogP contribution in [0.5, 0.6) is 0 Å². The first-order valence-corrected chi connectivity index (χ1v) is 8.33. The van der Waals surface area contributed by atoms with Gasteiger partial charge >= 0.3 is 5.97 Å². The topological polar surface area (TPSA) is 26.3 Å². The standard InChI is InChI=1S/C15H18Br2O2/c1-2-15(6-4-3-5-7-15)19-14(18)11-8-12(16)10-13(17)9-11/h8-10H,2-7H2,1H3. The Labute approximate surface area is 131 Å². The minimum absolute atomic E-state index is 0.217. The van der Waals surface area contributed by atoms with Crippen LogP contribution in [-0.2, 0) is 4.74 Å². The number of rotatable bonds is 3. The Kier molecular flexibility index (Phi) is 5.07. The van der Waals surface area contributed by atoms with Gasteiger partial charge in [0.05, 0.1) is 5.56 Å². The van der Waals surface area contributed by atoms with Crippen LogP contribution < -0.4 is 0 Å². The van der Waals surface area contributed by atoms with Crippen molar-refractivity contribution in [3.63, 3.8) is 0 Å². The van der Waals surface area contributed by atoms with Crippen LogP contribution in [0.2, 0.25) is 0 Å². The molecule has 0 aromatic heterocycles. The molecule has 2 rings (SSSR count). The third-order valence-electron chi connectivity index (χ3n) is 3.82. The first-order chi connectivity index (χ1) is 9.04. The van der Waals surface area contributed by atoms with Crippen molar-refractivity contribution in [2.75, 3.05) is 0 Å². The lowest BCUT2D eigenvalue weighted by atomic mass is 9.82. The number of carbonyl (C=O) groups excluding carboxylic acids is 1. The number of benzene rings is 1. The van der Waals surface area contributed by atoms with E-state index in [-0.39, 0.29) is 11.6 Å². The minimum Gasteiger partial charge on any atom is -0.455 e. The molecule has 19 heavy (non-hydrogen) atoms. The fourth-order valence-electron chi connectivity index (χ4n) is 2.65. The van der Waals surface area contributed by atoms with Gasteiger partial charge < -0.3 is 4.74 Å². The summed E-state index contributed by atoms with van der Waals surface area (Å²) in [5.41, 5.74) is 0.351. The molecular formula is C15H18Br2O2. The molecule has 1 fully saturated rings. The molecule has 0 N–H and O–H groups in total. The minimum atomic E-state index is -0.246. The van der Waals surface area contributed by atoms with Crippen LogP contribution in [0.1, 0.15) is 55.8 Å². The van der Waals surface area contributed by atoms with E-state index in [4.69, 9.17) is 4.74 Å². The van der Waals surface area contributed by atoms with E-state index in [0.717, 1.165) is 41.0 Å². The quantitative estimate of drug-likeness (QED) is 0.639. The molecule has 1 aliphatic rings. The fourth-order valence-corrected chi connectivity index (χ4v) is 3.94. The van der Waals surface area contributed by atoms with Crippen LogP contribution in [0.4, 0.5) is 0 Å². The molecule has 0 unspecified atom stereocenters. The number of carbonyl (C=O) groups is 1. The Bertz CT molecular complexity index is 445. The summed E-state index contributed by atoms with van der Waals surface area (Å²) in [4.78, 5) is 12.3. The molecule has 0 atom stereocenters. The van der Waals surface area contributed by atoms with E-state index < -0.39 is 0 Å². The zero-order valence-electron chi connectivity index (χ0n) is 11.0. The summed E-state index contributed by atoms with van der Waals surface area (Å²) in [5, 5.41) is 0. The summed E-state index contributed by atoms with van der Waals surface area (Å²) >= 11 is 6.80. The smallest absolute Gasteiger partial charge is 0.338 e. The lowest BCUT2D eigenvalue weighted by molar-refractivity contribution is -0.0397. The first kappa shape index (κ1) is 15.0. The molecule has 1 aliphatic carbocycles. The Hall–Kier alpha value is -0.350. The molecule has 0 heterocycles. The number of esters is 1. The van der Waals surface area contributed by atoms with E-state index in [1.54, 1.807) is 12.1 Å². The average Bonchev–Trinajstić information content (AvgIpc) is 2.38. The first-order valence-electron chi connectivity index (χ1n) is 6.74. The molecule has 1 aromatic rings. The molecule has 0 aliphatic heterocycles. The van der Waals surface area contributed by atoms with Gasteiger partial charge in [0.1, 0.15) is 5.60 Å². The predicted octanol–water partition coefficient (Wildman–Crippen LogP) is 5.48. The van der Waals surface area contributed by atoms with Crippen LogP contribution in [-0.4, -0.2) is 11.6 Å². The van der Waals surface area contributed by atoms with E-state index in [2.05, 4.69) is 38.8 Å². The molecule has 0 radical (unpaired) electrons. The van der Waals surface area contributed by atoms with Crippen molar-refractivity contribution in [1.29, 1.82) is 0 Å². The highest BCUT2D eigenvalue weighted by molar-refractivity contribution is 9.11. The largest absolute Gasteiger partial charge is 0.455 e. The second-order valence-corrected chi connectivity index (χ2v) is 6.98. The van der Waals surface area contributed by atoms with Crippen molar-refractivity contribution in [2.45, 2.75) is 51.0 Å². The van der Waals surface area contributed by atoms with Crippen LogP contribution in [0.25, 0.3) is 0 Å². The van der Waals surface area contributed by atoms with Gasteiger partial charge in [-0.2, -0.15) is 0 Å². The van der Waals surface area contributed by atoms with Gasteiger partial charge in [-0.15, -0.1) is 0 Å². The molecule has 1 aromatic carbocycles. The summed E-state index contributed by atoms with van der Waals surface area (Å²) in [6.45, 7) is 2.11. The molecule has 0 spiro atoms. The van der Waals surface area contributed by atoms with Crippen LogP contribution >= 0.6 is 31.9 Å². The molecular weight excluding hydrogens is 372 g/mol. The molecule has 1 saturated carbocycles. The van der Waals surface area contributed by atoms with Crippen LogP contribution in [0, 0.1) is 0 Å². The SMILES string of the molecule is CCC1(OC(=O)c2cc(Br)cc(Br)c2)CCCCC1. The summed E-state index contributed by atoms with van der Waals surface area (Å²) in [6.07, 6.45) is 6.44. The molecule has 104 valence electrons. The monoisotopic (exact) mass is 388 g/mol. The molecule has 0 saturated heterocycles. The Morgan fingerprint density at radius 1 is 1.16 bits per heavy atom. The van der Waals surface area contributed by atoms with E-state index in [1.165, 1.54) is 6.42 Å². The van der Waals surface area contributed by atoms with Crippen molar-refractivity contribution in [3.8, 4) is 0 Å². The van der Waals surface area contributed by atoms with E-state index in [9.17, 15) is 4.79 Å². The maximum atomic E-state index is 12.3. The normalized spacial score (nSPS) is 18.1. The second-order valence-electron chi connectivity index (χ2n) is 5.14. The third-order valence-corrected chi connectivity index (χ3v) is 4.73. The maximum absolute atomic E-state index is 12.3. The van der Waals surface area contributed by atoms with Crippen molar-refractivity contribution < 1.29 is 9.53 Å². The zero-order valence-corrected chi connectivity index (χ0v) is 14.2. The van der Waals surface area contributed by atoms with Crippen molar-refractivity contribution in [1.82, 2.24) is 0 Å². The van der Waals surface area contributed by atoms with E-state index in [1.807, 2.05) is 6.07 Å². The van der Waals surface area contributed by atoms with Gasteiger partial charge in [0.25, 0.3) is 0 Å². The predicted molar refractivity (Wildman–Crippen MR) is 83.4 cm³/mol. The van der Waals surface area contributed by atoms with Crippen molar-refractivity contribution in [2.24, 2.45) is 0 Å². The van der Waals surface area contributed by atoms with Crippen molar-refractivity contribution in [3.05, 3.63) is 32.7 Å². The third kappa shape index (κ3) is 3.82. The van der Waals surface area contributed by atoms with E-state index in [0.29, 0.717) is 5.56 Å². The zero-order chi connectivity index (χ0) is 13.9. The summed E-state index contributed by atoms with van der Waals surface area (Å²) in [5.74, 6) is -0.217. The van der Waals surface area contributed by atoms with Crippen LogP contribution in [0.3, 0.4) is 0 Å². The van der Waals surface area contributed by atoms with Gasteiger partial charge in [0.2, 0.25) is 0 Å².